The highest BCUT2D eigenvalue weighted by Crippen LogP contribution is 2.26. The van der Waals surface area contributed by atoms with E-state index in [1.807, 2.05) is 35.2 Å². The second-order valence-corrected chi connectivity index (χ2v) is 7.34. The number of carbonyl (C=O) groups excluding carboxylic acids is 1. The summed E-state index contributed by atoms with van der Waals surface area (Å²) in [5.74, 6) is 1.32. The topological polar surface area (TPSA) is 59.2 Å². The molecule has 1 saturated carbocycles. The number of furan rings is 1. The molecule has 0 spiro atoms. The monoisotopic (exact) mass is 355 g/mol. The molecule has 1 amide bonds. The zero-order valence-corrected chi connectivity index (χ0v) is 14.9. The standard InChI is InChI=1S/C19H21N3O2S/c23-19(17-13-25-21-20-17)22(11-14-6-2-1-3-7-14)12-16-10-15-8-4-5-9-18(15)24-16/h4-5,8-10,13-14H,1-3,6-7,11-12H2. The van der Waals surface area contributed by atoms with Gasteiger partial charge in [-0.15, -0.1) is 5.10 Å². The van der Waals surface area contributed by atoms with Gasteiger partial charge < -0.3 is 9.32 Å². The largest absolute Gasteiger partial charge is 0.459 e. The lowest BCUT2D eigenvalue weighted by Gasteiger charge is -2.28. The third-order valence-corrected chi connectivity index (χ3v) is 5.40. The van der Waals surface area contributed by atoms with E-state index in [-0.39, 0.29) is 5.91 Å². The number of aromatic nitrogens is 2. The fourth-order valence-corrected chi connectivity index (χ4v) is 4.05. The van der Waals surface area contributed by atoms with Crippen LogP contribution < -0.4 is 0 Å². The highest BCUT2D eigenvalue weighted by atomic mass is 32.1. The molecule has 0 bridgehead atoms. The molecule has 130 valence electrons. The van der Waals surface area contributed by atoms with Crippen LogP contribution in [0.25, 0.3) is 11.0 Å². The maximum atomic E-state index is 12.9. The maximum absolute atomic E-state index is 12.9. The summed E-state index contributed by atoms with van der Waals surface area (Å²) >= 11 is 1.21. The molecular weight excluding hydrogens is 334 g/mol. The number of nitrogens with zero attached hydrogens (tertiary/aromatic N) is 3. The van der Waals surface area contributed by atoms with Gasteiger partial charge >= 0.3 is 0 Å². The van der Waals surface area contributed by atoms with Gasteiger partial charge in [0.25, 0.3) is 5.91 Å². The predicted octanol–water partition coefficient (Wildman–Crippen LogP) is 4.51. The van der Waals surface area contributed by atoms with Crippen LogP contribution in [0.3, 0.4) is 0 Å². The molecule has 0 N–H and O–H groups in total. The van der Waals surface area contributed by atoms with Gasteiger partial charge in [0.2, 0.25) is 0 Å². The second-order valence-electron chi connectivity index (χ2n) is 6.73. The fourth-order valence-electron chi connectivity index (χ4n) is 3.62. The first kappa shape index (κ1) is 16.3. The molecule has 2 aromatic heterocycles. The number of hydrogen-bond donors (Lipinski definition) is 0. The summed E-state index contributed by atoms with van der Waals surface area (Å²) in [7, 11) is 0. The maximum Gasteiger partial charge on any atom is 0.275 e. The smallest absolute Gasteiger partial charge is 0.275 e. The van der Waals surface area contributed by atoms with Crippen molar-refractivity contribution in [2.24, 2.45) is 5.92 Å². The molecule has 0 radical (unpaired) electrons. The van der Waals surface area contributed by atoms with E-state index in [1.54, 1.807) is 5.38 Å². The number of amides is 1. The van der Waals surface area contributed by atoms with Crippen LogP contribution >= 0.6 is 11.5 Å². The molecule has 5 nitrogen and oxygen atoms in total. The summed E-state index contributed by atoms with van der Waals surface area (Å²) in [6.45, 7) is 1.23. The van der Waals surface area contributed by atoms with Crippen molar-refractivity contribution in [2.75, 3.05) is 6.54 Å². The summed E-state index contributed by atoms with van der Waals surface area (Å²) in [6.07, 6.45) is 6.22. The first-order valence-corrected chi connectivity index (χ1v) is 9.67. The van der Waals surface area contributed by atoms with Gasteiger partial charge in [-0.1, -0.05) is 41.9 Å². The molecule has 0 unspecified atom stereocenters. The Hall–Kier alpha value is -2.21. The van der Waals surface area contributed by atoms with Gasteiger partial charge in [0.15, 0.2) is 5.69 Å². The summed E-state index contributed by atoms with van der Waals surface area (Å²) in [6, 6.07) is 9.96. The zero-order valence-electron chi connectivity index (χ0n) is 14.1. The van der Waals surface area contributed by atoms with Gasteiger partial charge in [-0.3, -0.25) is 4.79 Å². The van der Waals surface area contributed by atoms with Gasteiger partial charge in [-0.05, 0) is 42.4 Å². The van der Waals surface area contributed by atoms with Crippen LogP contribution in [0.2, 0.25) is 0 Å². The van der Waals surface area contributed by atoms with Crippen molar-refractivity contribution in [3.8, 4) is 0 Å². The van der Waals surface area contributed by atoms with E-state index in [2.05, 4.69) is 9.59 Å². The zero-order chi connectivity index (χ0) is 17.1. The Balaban J connectivity index is 1.56. The lowest BCUT2D eigenvalue weighted by Crippen LogP contribution is -2.35. The molecular formula is C19H21N3O2S. The predicted molar refractivity (Wildman–Crippen MR) is 97.4 cm³/mol. The molecule has 1 fully saturated rings. The number of carbonyl (C=O) groups is 1. The molecule has 0 aliphatic heterocycles. The molecule has 3 aromatic rings. The minimum Gasteiger partial charge on any atom is -0.459 e. The minimum absolute atomic E-state index is 0.0558. The summed E-state index contributed by atoms with van der Waals surface area (Å²) in [5, 5.41) is 6.75. The highest BCUT2D eigenvalue weighted by Gasteiger charge is 2.24. The van der Waals surface area contributed by atoms with Crippen molar-refractivity contribution >= 4 is 28.4 Å². The third kappa shape index (κ3) is 3.74. The molecule has 0 atom stereocenters. The Kier molecular flexibility index (Phi) is 4.78. The summed E-state index contributed by atoms with van der Waals surface area (Å²) in [4.78, 5) is 14.8. The van der Waals surface area contributed by atoms with Crippen LogP contribution in [-0.4, -0.2) is 26.9 Å². The normalized spacial score (nSPS) is 15.5. The Labute approximate surface area is 150 Å². The van der Waals surface area contributed by atoms with Crippen molar-refractivity contribution in [1.82, 2.24) is 14.5 Å². The van der Waals surface area contributed by atoms with E-state index < -0.39 is 0 Å². The van der Waals surface area contributed by atoms with Gasteiger partial charge in [-0.2, -0.15) is 0 Å². The Morgan fingerprint density at radius 3 is 2.84 bits per heavy atom. The summed E-state index contributed by atoms with van der Waals surface area (Å²) in [5.41, 5.74) is 1.29. The number of hydrogen-bond acceptors (Lipinski definition) is 5. The van der Waals surface area contributed by atoms with E-state index >= 15 is 0 Å². The van der Waals surface area contributed by atoms with Crippen LogP contribution in [0.5, 0.6) is 0 Å². The quantitative estimate of drug-likeness (QED) is 0.676. The first-order chi connectivity index (χ1) is 12.3. The average Bonchev–Trinajstić information content (AvgIpc) is 3.31. The van der Waals surface area contributed by atoms with Crippen molar-refractivity contribution < 1.29 is 9.21 Å². The number of fused-ring (bicyclic) bond motifs is 1. The third-order valence-electron chi connectivity index (χ3n) is 4.89. The SMILES string of the molecule is O=C(c1csnn1)N(Cc1cc2ccccc2o1)CC1CCCCC1. The number of para-hydroxylation sites is 1. The minimum atomic E-state index is -0.0558. The second kappa shape index (κ2) is 7.35. The fraction of sp³-hybridized carbons (Fsp3) is 0.421. The van der Waals surface area contributed by atoms with E-state index in [4.69, 9.17) is 4.42 Å². The van der Waals surface area contributed by atoms with Crippen LogP contribution in [0.15, 0.2) is 40.1 Å². The van der Waals surface area contributed by atoms with Crippen molar-refractivity contribution in [1.29, 1.82) is 0 Å². The van der Waals surface area contributed by atoms with E-state index in [0.717, 1.165) is 23.3 Å². The summed E-state index contributed by atoms with van der Waals surface area (Å²) < 4.78 is 9.76. The first-order valence-electron chi connectivity index (χ1n) is 8.83. The van der Waals surface area contributed by atoms with E-state index in [9.17, 15) is 4.79 Å². The van der Waals surface area contributed by atoms with Crippen molar-refractivity contribution in [3.05, 3.63) is 47.2 Å². The lowest BCUT2D eigenvalue weighted by atomic mass is 9.89. The van der Waals surface area contributed by atoms with Crippen LogP contribution in [0.4, 0.5) is 0 Å². The molecule has 1 aromatic carbocycles. The van der Waals surface area contributed by atoms with E-state index in [0.29, 0.717) is 18.2 Å². The van der Waals surface area contributed by atoms with Gasteiger partial charge in [-0.25, -0.2) is 0 Å². The number of rotatable bonds is 5. The average molecular weight is 355 g/mol. The van der Waals surface area contributed by atoms with Crippen molar-refractivity contribution in [3.63, 3.8) is 0 Å². The molecule has 1 aliphatic rings. The Morgan fingerprint density at radius 2 is 2.08 bits per heavy atom. The van der Waals surface area contributed by atoms with Gasteiger partial charge in [0.05, 0.1) is 6.54 Å². The highest BCUT2D eigenvalue weighted by molar-refractivity contribution is 7.03. The molecule has 1 aliphatic carbocycles. The Bertz CT molecular complexity index is 804. The van der Waals surface area contributed by atoms with Crippen molar-refractivity contribution in [2.45, 2.75) is 38.6 Å². The molecule has 25 heavy (non-hydrogen) atoms. The van der Waals surface area contributed by atoms with Gasteiger partial charge in [0, 0.05) is 17.3 Å². The van der Waals surface area contributed by atoms with Crippen LogP contribution in [0.1, 0.15) is 48.4 Å². The molecule has 2 heterocycles. The number of benzene rings is 1. The van der Waals surface area contributed by atoms with Crippen LogP contribution in [-0.2, 0) is 6.54 Å². The van der Waals surface area contributed by atoms with Crippen LogP contribution in [0, 0.1) is 5.92 Å². The molecule has 4 rings (SSSR count). The lowest BCUT2D eigenvalue weighted by molar-refractivity contribution is 0.0680. The van der Waals surface area contributed by atoms with Gasteiger partial charge in [0.1, 0.15) is 11.3 Å². The molecule has 0 saturated heterocycles. The Morgan fingerprint density at radius 1 is 1.24 bits per heavy atom. The molecule has 6 heteroatoms. The van der Waals surface area contributed by atoms with E-state index in [1.165, 1.54) is 43.6 Å².